The lowest BCUT2D eigenvalue weighted by Crippen LogP contribution is -2.57. The van der Waals surface area contributed by atoms with Crippen LogP contribution in [0.25, 0.3) is 0 Å². The Morgan fingerprint density at radius 2 is 1.68 bits per heavy atom. The van der Waals surface area contributed by atoms with Crippen molar-refractivity contribution in [1.29, 1.82) is 0 Å². The van der Waals surface area contributed by atoms with E-state index in [0.29, 0.717) is 10.4 Å². The molecule has 0 saturated carbocycles. The Balaban J connectivity index is 1.87. The maximum Gasteiger partial charge on any atom is 0.511 e. The normalized spacial score (nSPS) is 17.9. The van der Waals surface area contributed by atoms with E-state index in [-0.39, 0.29) is 37.3 Å². The quantitative estimate of drug-likeness (QED) is 0.364. The van der Waals surface area contributed by atoms with Crippen LogP contribution in [0, 0.1) is 11.6 Å². The zero-order valence-electron chi connectivity index (χ0n) is 22.4. The van der Waals surface area contributed by atoms with Crippen LogP contribution in [0.5, 0.6) is 0 Å². The Morgan fingerprint density at radius 3 is 2.20 bits per heavy atom. The molecule has 0 bridgehead atoms. The number of hydrogen-bond acceptors (Lipinski definition) is 5. The second kappa shape index (κ2) is 12.5. The van der Waals surface area contributed by atoms with Crippen molar-refractivity contribution in [3.8, 4) is 0 Å². The van der Waals surface area contributed by atoms with Crippen molar-refractivity contribution < 1.29 is 40.3 Å². The zero-order valence-corrected chi connectivity index (χ0v) is 23.2. The van der Waals surface area contributed by atoms with Gasteiger partial charge >= 0.3 is 15.5 Å². The number of halogens is 5. The number of aliphatic hydroxyl groups is 1. The number of carbonyl (C=O) groups is 1. The van der Waals surface area contributed by atoms with Gasteiger partial charge in [-0.25, -0.2) is 17.2 Å². The van der Waals surface area contributed by atoms with Crippen molar-refractivity contribution in [2.75, 3.05) is 19.6 Å². The molecule has 40 heavy (non-hydrogen) atoms. The van der Waals surface area contributed by atoms with E-state index in [4.69, 9.17) is 0 Å². The lowest BCUT2D eigenvalue weighted by molar-refractivity contribution is -0.120. The first-order valence-electron chi connectivity index (χ1n) is 12.9. The Morgan fingerprint density at radius 1 is 1.07 bits per heavy atom. The molecule has 0 aliphatic carbocycles. The first kappa shape index (κ1) is 31.9. The number of alkyl halides is 3. The molecule has 0 aromatic heterocycles. The lowest BCUT2D eigenvalue weighted by atomic mass is 9.80. The molecule has 1 saturated heterocycles. The first-order valence-corrected chi connectivity index (χ1v) is 14.3. The number of amides is 1. The molecule has 2 aromatic carbocycles. The van der Waals surface area contributed by atoms with E-state index in [1.54, 1.807) is 6.07 Å². The van der Waals surface area contributed by atoms with Gasteiger partial charge in [-0.2, -0.15) is 17.5 Å². The average Bonchev–Trinajstić information content (AvgIpc) is 2.85. The van der Waals surface area contributed by atoms with Gasteiger partial charge in [0, 0.05) is 38.2 Å². The van der Waals surface area contributed by atoms with Gasteiger partial charge in [0.1, 0.15) is 11.6 Å². The van der Waals surface area contributed by atoms with Crippen LogP contribution in [0.4, 0.5) is 22.0 Å². The van der Waals surface area contributed by atoms with Crippen LogP contribution in [0.1, 0.15) is 56.2 Å². The fraction of sp³-hybridized carbons (Fsp3) is 0.519. The van der Waals surface area contributed by atoms with E-state index in [2.05, 4.69) is 10.6 Å². The minimum atomic E-state index is -5.51. The summed E-state index contributed by atoms with van der Waals surface area (Å²) in [4.78, 5) is 11.8. The van der Waals surface area contributed by atoms with Crippen LogP contribution in [0.2, 0.25) is 0 Å². The second-order valence-corrected chi connectivity index (χ2v) is 12.4. The number of carbonyl (C=O) groups excluding carboxylic acids is 1. The van der Waals surface area contributed by atoms with Crippen LogP contribution >= 0.6 is 0 Å². The standard InChI is InChI=1S/C27H34F5N3O4S/c1-17(2)20-5-4-6-21(14-20)26(7-9-35(10-8-26)40(38,39)27(30,31)32)33-16-25(37)24(34-18(3)36)13-19-11-22(28)15-23(29)12-19/h4-6,11-12,14-15,17,24-25,33,37H,7-10,13,16H2,1-3H3,(H,34,36)/t24-,25+/m0/s1. The first-order chi connectivity index (χ1) is 18.5. The number of benzene rings is 2. The molecular weight excluding hydrogens is 557 g/mol. The number of hydrogen-bond donors (Lipinski definition) is 3. The van der Waals surface area contributed by atoms with Crippen LogP contribution < -0.4 is 10.6 Å². The van der Waals surface area contributed by atoms with Crippen molar-refractivity contribution >= 4 is 15.9 Å². The van der Waals surface area contributed by atoms with Gasteiger partial charge in [0.15, 0.2) is 0 Å². The van der Waals surface area contributed by atoms with Crippen LogP contribution in [-0.2, 0) is 26.8 Å². The van der Waals surface area contributed by atoms with E-state index in [9.17, 15) is 40.3 Å². The molecule has 1 fully saturated rings. The highest BCUT2D eigenvalue weighted by molar-refractivity contribution is 7.90. The molecule has 13 heteroatoms. The summed E-state index contributed by atoms with van der Waals surface area (Å²) in [5.74, 6) is -1.96. The lowest BCUT2D eigenvalue weighted by Gasteiger charge is -2.43. The zero-order chi connectivity index (χ0) is 29.9. The summed E-state index contributed by atoms with van der Waals surface area (Å²) >= 11 is 0. The van der Waals surface area contributed by atoms with E-state index < -0.39 is 63.8 Å². The number of rotatable bonds is 10. The van der Waals surface area contributed by atoms with Crippen molar-refractivity contribution in [2.45, 2.75) is 69.1 Å². The minimum Gasteiger partial charge on any atom is -0.390 e. The molecule has 0 spiro atoms. The van der Waals surface area contributed by atoms with Crippen LogP contribution in [0.3, 0.4) is 0 Å². The predicted molar refractivity (Wildman–Crippen MR) is 140 cm³/mol. The van der Waals surface area contributed by atoms with Crippen molar-refractivity contribution in [3.05, 3.63) is 70.8 Å². The van der Waals surface area contributed by atoms with Crippen LogP contribution in [-0.4, -0.2) is 61.0 Å². The van der Waals surface area contributed by atoms with Gasteiger partial charge in [-0.3, -0.25) is 4.79 Å². The second-order valence-electron chi connectivity index (χ2n) is 10.4. The van der Waals surface area contributed by atoms with Gasteiger partial charge in [0.25, 0.3) is 0 Å². The Labute approximate surface area is 230 Å². The highest BCUT2D eigenvalue weighted by Crippen LogP contribution is 2.38. The highest BCUT2D eigenvalue weighted by Gasteiger charge is 2.52. The molecule has 3 N–H and O–H groups in total. The molecule has 2 atom stereocenters. The molecule has 1 aliphatic rings. The van der Waals surface area contributed by atoms with E-state index >= 15 is 0 Å². The van der Waals surface area contributed by atoms with Crippen LogP contribution in [0.15, 0.2) is 42.5 Å². The Kier molecular flexibility index (Phi) is 9.97. The fourth-order valence-corrected chi connectivity index (χ4v) is 5.94. The molecule has 1 aliphatic heterocycles. The summed E-state index contributed by atoms with van der Waals surface area (Å²) in [6.45, 7) is 4.22. The smallest absolute Gasteiger partial charge is 0.390 e. The molecule has 222 valence electrons. The summed E-state index contributed by atoms with van der Waals surface area (Å²) in [5, 5.41) is 16.9. The summed E-state index contributed by atoms with van der Waals surface area (Å²) in [6.07, 6.45) is -1.39. The Hall–Kier alpha value is -2.61. The number of aliphatic hydroxyl groups excluding tert-OH is 1. The van der Waals surface area contributed by atoms with E-state index in [1.165, 1.54) is 6.92 Å². The maximum atomic E-state index is 13.7. The fourth-order valence-electron chi connectivity index (χ4n) is 4.99. The number of nitrogens with one attached hydrogen (secondary N) is 2. The van der Waals surface area contributed by atoms with Gasteiger partial charge in [-0.15, -0.1) is 0 Å². The summed E-state index contributed by atoms with van der Waals surface area (Å²) in [5.41, 5.74) is -4.52. The molecule has 1 heterocycles. The van der Waals surface area contributed by atoms with Crippen molar-refractivity contribution in [3.63, 3.8) is 0 Å². The number of nitrogens with zero attached hydrogens (tertiary/aromatic N) is 1. The minimum absolute atomic E-state index is 0.0174. The molecule has 1 amide bonds. The van der Waals surface area contributed by atoms with Crippen molar-refractivity contribution in [1.82, 2.24) is 14.9 Å². The highest BCUT2D eigenvalue weighted by atomic mass is 32.2. The monoisotopic (exact) mass is 591 g/mol. The molecule has 7 nitrogen and oxygen atoms in total. The topological polar surface area (TPSA) is 98.7 Å². The number of piperidine rings is 1. The summed E-state index contributed by atoms with van der Waals surface area (Å²) in [6, 6.07) is 9.35. The average molecular weight is 592 g/mol. The van der Waals surface area contributed by atoms with E-state index in [0.717, 1.165) is 23.3 Å². The number of sulfonamides is 1. The molecule has 0 radical (unpaired) electrons. The van der Waals surface area contributed by atoms with Gasteiger partial charge in [-0.05, 0) is 54.0 Å². The molecule has 0 unspecified atom stereocenters. The third kappa shape index (κ3) is 7.56. The maximum absolute atomic E-state index is 13.7. The Bertz CT molecular complexity index is 1280. The third-order valence-corrected chi connectivity index (χ3v) is 8.82. The predicted octanol–water partition coefficient (Wildman–Crippen LogP) is 3.93. The van der Waals surface area contributed by atoms with Gasteiger partial charge < -0.3 is 15.7 Å². The largest absolute Gasteiger partial charge is 0.511 e. The van der Waals surface area contributed by atoms with Gasteiger partial charge in [-0.1, -0.05) is 38.1 Å². The van der Waals surface area contributed by atoms with E-state index in [1.807, 2.05) is 32.0 Å². The van der Waals surface area contributed by atoms with Crippen molar-refractivity contribution in [2.24, 2.45) is 0 Å². The third-order valence-electron chi connectivity index (χ3n) is 7.19. The van der Waals surface area contributed by atoms with Gasteiger partial charge in [0.05, 0.1) is 12.1 Å². The summed E-state index contributed by atoms with van der Waals surface area (Å²) in [7, 11) is -5.51. The summed E-state index contributed by atoms with van der Waals surface area (Å²) < 4.78 is 91.5. The van der Waals surface area contributed by atoms with Gasteiger partial charge in [0.2, 0.25) is 5.91 Å². The SMILES string of the molecule is CC(=O)N[C@@H](Cc1cc(F)cc(F)c1)[C@H](O)CNC1(c2cccc(C(C)C)c2)CCN(S(=O)(=O)C(F)(F)F)CC1. The molecule has 2 aromatic rings. The molecular formula is C27H34F5N3O4S. The molecule has 3 rings (SSSR count).